The van der Waals surface area contributed by atoms with Gasteiger partial charge in [0.1, 0.15) is 11.3 Å². The van der Waals surface area contributed by atoms with Gasteiger partial charge in [0.25, 0.3) is 0 Å². The summed E-state index contributed by atoms with van der Waals surface area (Å²) in [7, 11) is 1.22. The van der Waals surface area contributed by atoms with Crippen LogP contribution in [0.3, 0.4) is 0 Å². The molecule has 1 aromatic carbocycles. The maximum atomic E-state index is 11.7. The molecule has 0 saturated carbocycles. The summed E-state index contributed by atoms with van der Waals surface area (Å²) in [4.78, 5) is 23.3. The van der Waals surface area contributed by atoms with Crippen LogP contribution in [0.15, 0.2) is 41.0 Å². The molecule has 0 unspecified atom stereocenters. The molecule has 1 heterocycles. The topological polar surface area (TPSA) is 65.7 Å². The van der Waals surface area contributed by atoms with Crippen LogP contribution in [-0.4, -0.2) is 19.0 Å². The van der Waals surface area contributed by atoms with Gasteiger partial charge in [-0.1, -0.05) is 11.6 Å². The SMILES string of the molecule is COC(=O)c1cc(Cl)ccc1OC(=O)c1ccco1. The second-order valence-corrected chi connectivity index (χ2v) is 3.94. The van der Waals surface area contributed by atoms with Gasteiger partial charge in [0.05, 0.1) is 13.4 Å². The van der Waals surface area contributed by atoms with Crippen LogP contribution in [-0.2, 0) is 4.74 Å². The molecule has 98 valence electrons. The van der Waals surface area contributed by atoms with Crippen LogP contribution < -0.4 is 4.74 Å². The van der Waals surface area contributed by atoms with Crippen LogP contribution >= 0.6 is 11.6 Å². The molecular formula is C13H9ClO5. The van der Waals surface area contributed by atoms with E-state index in [0.29, 0.717) is 5.02 Å². The molecule has 19 heavy (non-hydrogen) atoms. The highest BCUT2D eigenvalue weighted by Gasteiger charge is 2.18. The van der Waals surface area contributed by atoms with Crippen molar-refractivity contribution in [2.45, 2.75) is 0 Å². The summed E-state index contributed by atoms with van der Waals surface area (Å²) in [6.07, 6.45) is 1.35. The van der Waals surface area contributed by atoms with Gasteiger partial charge in [0.2, 0.25) is 5.76 Å². The van der Waals surface area contributed by atoms with E-state index in [0.717, 1.165) is 0 Å². The average molecular weight is 281 g/mol. The van der Waals surface area contributed by atoms with Crippen molar-refractivity contribution in [3.63, 3.8) is 0 Å². The summed E-state index contributed by atoms with van der Waals surface area (Å²) >= 11 is 5.79. The number of methoxy groups -OCH3 is 1. The molecule has 0 aliphatic rings. The number of carbonyl (C=O) groups excluding carboxylic acids is 2. The highest BCUT2D eigenvalue weighted by atomic mass is 35.5. The molecule has 2 rings (SSSR count). The predicted molar refractivity (Wildman–Crippen MR) is 66.5 cm³/mol. The minimum atomic E-state index is -0.711. The van der Waals surface area contributed by atoms with E-state index in [1.165, 1.54) is 37.6 Å². The van der Waals surface area contributed by atoms with E-state index in [4.69, 9.17) is 20.8 Å². The van der Waals surface area contributed by atoms with Gasteiger partial charge in [-0.3, -0.25) is 0 Å². The first-order valence-electron chi connectivity index (χ1n) is 5.25. The summed E-state index contributed by atoms with van der Waals surface area (Å²) < 4.78 is 14.6. The third-order valence-electron chi connectivity index (χ3n) is 2.27. The number of ether oxygens (including phenoxy) is 2. The maximum Gasteiger partial charge on any atom is 0.379 e. The van der Waals surface area contributed by atoms with Gasteiger partial charge in [0, 0.05) is 5.02 Å². The lowest BCUT2D eigenvalue weighted by molar-refractivity contribution is 0.0591. The Labute approximate surface area is 113 Å². The number of carbonyl (C=O) groups is 2. The Bertz CT molecular complexity index is 604. The highest BCUT2D eigenvalue weighted by Crippen LogP contribution is 2.24. The van der Waals surface area contributed by atoms with E-state index < -0.39 is 11.9 Å². The molecular weight excluding hydrogens is 272 g/mol. The lowest BCUT2D eigenvalue weighted by atomic mass is 10.2. The minimum absolute atomic E-state index is 0.0331. The first kappa shape index (κ1) is 13.2. The van der Waals surface area contributed by atoms with Crippen molar-refractivity contribution in [2.75, 3.05) is 7.11 Å². The summed E-state index contributed by atoms with van der Waals surface area (Å²) in [5.41, 5.74) is 0.0647. The molecule has 2 aromatic rings. The number of halogens is 1. The molecule has 0 bridgehead atoms. The van der Waals surface area contributed by atoms with Crippen LogP contribution in [0.2, 0.25) is 5.02 Å². The fourth-order valence-electron chi connectivity index (χ4n) is 1.41. The van der Waals surface area contributed by atoms with Gasteiger partial charge in [-0.05, 0) is 30.3 Å². The standard InChI is InChI=1S/C13H9ClO5/c1-17-12(15)9-7-8(14)4-5-10(9)19-13(16)11-3-2-6-18-11/h2-7H,1H3. The lowest BCUT2D eigenvalue weighted by Gasteiger charge is -2.08. The number of hydrogen-bond donors (Lipinski definition) is 0. The van der Waals surface area contributed by atoms with Gasteiger partial charge >= 0.3 is 11.9 Å². The van der Waals surface area contributed by atoms with Crippen LogP contribution in [0.25, 0.3) is 0 Å². The molecule has 0 atom stereocenters. The average Bonchev–Trinajstić information content (AvgIpc) is 2.94. The third-order valence-corrected chi connectivity index (χ3v) is 2.51. The van der Waals surface area contributed by atoms with Crippen LogP contribution in [0.1, 0.15) is 20.9 Å². The third kappa shape index (κ3) is 2.95. The summed E-state index contributed by atoms with van der Waals surface area (Å²) in [6, 6.07) is 7.28. The number of benzene rings is 1. The van der Waals surface area contributed by atoms with E-state index in [1.54, 1.807) is 6.07 Å². The lowest BCUT2D eigenvalue weighted by Crippen LogP contribution is -2.11. The molecule has 0 amide bonds. The Morgan fingerprint density at radius 2 is 2.00 bits per heavy atom. The van der Waals surface area contributed by atoms with Gasteiger partial charge in [0.15, 0.2) is 0 Å². The predicted octanol–water partition coefficient (Wildman–Crippen LogP) is 2.94. The molecule has 0 radical (unpaired) electrons. The molecule has 0 spiro atoms. The number of rotatable bonds is 3. The summed E-state index contributed by atoms with van der Waals surface area (Å²) in [5.74, 6) is -1.27. The Balaban J connectivity index is 2.29. The normalized spacial score (nSPS) is 10.0. The zero-order chi connectivity index (χ0) is 13.8. The van der Waals surface area contributed by atoms with Gasteiger partial charge in [-0.2, -0.15) is 0 Å². The molecule has 5 nitrogen and oxygen atoms in total. The quantitative estimate of drug-likeness (QED) is 0.639. The second kappa shape index (κ2) is 5.58. The van der Waals surface area contributed by atoms with Crippen LogP contribution in [0.4, 0.5) is 0 Å². The van der Waals surface area contributed by atoms with Crippen LogP contribution in [0.5, 0.6) is 5.75 Å². The maximum absolute atomic E-state index is 11.7. The molecule has 0 aliphatic carbocycles. The smallest absolute Gasteiger partial charge is 0.379 e. The zero-order valence-electron chi connectivity index (χ0n) is 9.88. The second-order valence-electron chi connectivity index (χ2n) is 3.50. The Morgan fingerprint density at radius 1 is 1.21 bits per heavy atom. The van der Waals surface area contributed by atoms with Crippen molar-refractivity contribution in [3.8, 4) is 5.75 Å². The van der Waals surface area contributed by atoms with Gasteiger partial charge in [-0.15, -0.1) is 0 Å². The van der Waals surface area contributed by atoms with Crippen LogP contribution in [0, 0.1) is 0 Å². The summed E-state index contributed by atoms with van der Waals surface area (Å²) in [5, 5.41) is 0.332. The van der Waals surface area contributed by atoms with Gasteiger partial charge in [-0.25, -0.2) is 9.59 Å². The summed E-state index contributed by atoms with van der Waals surface area (Å²) in [6.45, 7) is 0. The van der Waals surface area contributed by atoms with Crippen molar-refractivity contribution in [1.29, 1.82) is 0 Å². The van der Waals surface area contributed by atoms with Crippen molar-refractivity contribution in [3.05, 3.63) is 52.9 Å². The molecule has 1 aromatic heterocycles. The number of furan rings is 1. The van der Waals surface area contributed by atoms with E-state index in [1.807, 2.05) is 0 Å². The molecule has 0 saturated heterocycles. The monoisotopic (exact) mass is 280 g/mol. The van der Waals surface area contributed by atoms with E-state index in [9.17, 15) is 9.59 Å². The number of esters is 2. The fourth-order valence-corrected chi connectivity index (χ4v) is 1.58. The molecule has 0 fully saturated rings. The zero-order valence-corrected chi connectivity index (χ0v) is 10.6. The van der Waals surface area contributed by atoms with E-state index in [-0.39, 0.29) is 17.1 Å². The Morgan fingerprint density at radius 3 is 2.63 bits per heavy atom. The molecule has 6 heteroatoms. The van der Waals surface area contributed by atoms with Crippen molar-refractivity contribution >= 4 is 23.5 Å². The van der Waals surface area contributed by atoms with Crippen molar-refractivity contribution in [1.82, 2.24) is 0 Å². The van der Waals surface area contributed by atoms with Crippen molar-refractivity contribution < 1.29 is 23.5 Å². The number of hydrogen-bond acceptors (Lipinski definition) is 5. The molecule has 0 aliphatic heterocycles. The van der Waals surface area contributed by atoms with E-state index in [2.05, 4.69) is 4.74 Å². The molecule has 0 N–H and O–H groups in total. The first-order chi connectivity index (χ1) is 9.11. The highest BCUT2D eigenvalue weighted by molar-refractivity contribution is 6.31. The fraction of sp³-hybridized carbons (Fsp3) is 0.0769. The first-order valence-corrected chi connectivity index (χ1v) is 5.63. The van der Waals surface area contributed by atoms with Crippen molar-refractivity contribution in [2.24, 2.45) is 0 Å². The Hall–Kier alpha value is -2.27. The minimum Gasteiger partial charge on any atom is -0.465 e. The van der Waals surface area contributed by atoms with E-state index >= 15 is 0 Å². The van der Waals surface area contributed by atoms with Gasteiger partial charge < -0.3 is 13.9 Å². The largest absolute Gasteiger partial charge is 0.465 e. The Kier molecular flexibility index (Phi) is 3.87.